The van der Waals surface area contributed by atoms with Crippen LogP contribution in [0.15, 0.2) is 53.4 Å². The van der Waals surface area contributed by atoms with Crippen molar-refractivity contribution in [1.82, 2.24) is 4.31 Å². The van der Waals surface area contributed by atoms with Gasteiger partial charge in [0.1, 0.15) is 5.75 Å². The van der Waals surface area contributed by atoms with Crippen LogP contribution in [0.2, 0.25) is 0 Å². The van der Waals surface area contributed by atoms with E-state index in [1.165, 1.54) is 38.4 Å². The Morgan fingerprint density at radius 1 is 1.03 bits per heavy atom. The Labute approximate surface area is 170 Å². The molecule has 0 saturated heterocycles. The molecule has 2 aromatic rings. The van der Waals surface area contributed by atoms with Gasteiger partial charge in [0.2, 0.25) is 10.0 Å². The molecule has 0 saturated carbocycles. The fourth-order valence-electron chi connectivity index (χ4n) is 2.48. The summed E-state index contributed by atoms with van der Waals surface area (Å²) in [6, 6.07) is 13.1. The zero-order chi connectivity index (χ0) is 21.4. The monoisotopic (exact) mass is 420 g/mol. The van der Waals surface area contributed by atoms with E-state index in [0.717, 1.165) is 9.87 Å². The number of carbonyl (C=O) groups is 2. The largest absolute Gasteiger partial charge is 0.496 e. The van der Waals surface area contributed by atoms with Crippen LogP contribution in [0.25, 0.3) is 0 Å². The van der Waals surface area contributed by atoms with Crippen molar-refractivity contribution in [2.24, 2.45) is 0 Å². The molecule has 1 amide bonds. The van der Waals surface area contributed by atoms with Gasteiger partial charge in [-0.05, 0) is 42.3 Å². The molecule has 0 fully saturated rings. The van der Waals surface area contributed by atoms with Gasteiger partial charge < -0.3 is 14.8 Å². The molecule has 0 aliphatic heterocycles. The number of amides is 1. The predicted octanol–water partition coefficient (Wildman–Crippen LogP) is 2.06. The third-order valence-electron chi connectivity index (χ3n) is 4.07. The summed E-state index contributed by atoms with van der Waals surface area (Å²) in [4.78, 5) is 23.9. The van der Waals surface area contributed by atoms with Gasteiger partial charge in [0.25, 0.3) is 5.91 Å². The predicted molar refractivity (Wildman–Crippen MR) is 108 cm³/mol. The van der Waals surface area contributed by atoms with Crippen molar-refractivity contribution in [3.63, 3.8) is 0 Å². The van der Waals surface area contributed by atoms with Crippen molar-refractivity contribution in [1.29, 1.82) is 0 Å². The molecule has 0 atom stereocenters. The number of nitrogens with one attached hydrogen (secondary N) is 1. The van der Waals surface area contributed by atoms with Crippen LogP contribution in [0.4, 0.5) is 5.69 Å². The minimum atomic E-state index is -3.54. The summed E-state index contributed by atoms with van der Waals surface area (Å²) in [6.45, 7) is -0.428. The molecule has 0 aliphatic rings. The number of para-hydroxylation sites is 1. The van der Waals surface area contributed by atoms with Crippen LogP contribution in [-0.4, -0.2) is 52.4 Å². The molecule has 9 heteroatoms. The third kappa shape index (κ3) is 6.30. The average Bonchev–Trinajstić information content (AvgIpc) is 2.71. The van der Waals surface area contributed by atoms with Gasteiger partial charge in [0, 0.05) is 26.2 Å². The number of sulfonamides is 1. The van der Waals surface area contributed by atoms with Crippen molar-refractivity contribution >= 4 is 27.6 Å². The summed E-state index contributed by atoms with van der Waals surface area (Å²) in [6.07, 6.45) is 0.553. The lowest BCUT2D eigenvalue weighted by molar-refractivity contribution is -0.147. The molecular weight excluding hydrogens is 396 g/mol. The number of nitrogens with zero attached hydrogens (tertiary/aromatic N) is 1. The lowest BCUT2D eigenvalue weighted by Crippen LogP contribution is -2.22. The summed E-state index contributed by atoms with van der Waals surface area (Å²) in [5.41, 5.74) is 1.28. The van der Waals surface area contributed by atoms with Crippen LogP contribution in [0.3, 0.4) is 0 Å². The molecule has 8 nitrogen and oxygen atoms in total. The first kappa shape index (κ1) is 22.4. The highest BCUT2D eigenvalue weighted by molar-refractivity contribution is 7.89. The van der Waals surface area contributed by atoms with Gasteiger partial charge in [-0.2, -0.15) is 0 Å². The first-order valence-electron chi connectivity index (χ1n) is 8.84. The number of ether oxygens (including phenoxy) is 2. The topological polar surface area (TPSA) is 102 Å². The molecule has 2 rings (SSSR count). The Balaban J connectivity index is 1.81. The first-order chi connectivity index (χ1) is 13.7. The highest BCUT2D eigenvalue weighted by atomic mass is 32.2. The highest BCUT2D eigenvalue weighted by Crippen LogP contribution is 2.19. The van der Waals surface area contributed by atoms with Crippen LogP contribution in [-0.2, 0) is 30.8 Å². The van der Waals surface area contributed by atoms with Gasteiger partial charge in [-0.25, -0.2) is 12.7 Å². The minimum absolute atomic E-state index is 0.114. The standard InChI is InChI=1S/C20H24N2O6S/c1-22(2)29(25,26)17-11-9-16(10-12-17)21-19(23)14-28-20(24)13-8-15-6-4-5-7-18(15)27-3/h4-7,9-12H,8,13-14H2,1-3H3,(H,21,23). The van der Waals surface area contributed by atoms with E-state index >= 15 is 0 Å². The van der Waals surface area contributed by atoms with Crippen molar-refractivity contribution in [3.8, 4) is 5.75 Å². The summed E-state index contributed by atoms with van der Waals surface area (Å²) in [5, 5.41) is 2.55. The number of benzene rings is 2. The molecule has 0 aliphatic carbocycles. The smallest absolute Gasteiger partial charge is 0.306 e. The van der Waals surface area contributed by atoms with Gasteiger partial charge >= 0.3 is 5.97 Å². The van der Waals surface area contributed by atoms with Gasteiger partial charge in [0.05, 0.1) is 12.0 Å². The molecular formula is C20H24N2O6S. The number of esters is 1. The number of rotatable bonds is 9. The second kappa shape index (κ2) is 10.0. The van der Waals surface area contributed by atoms with E-state index in [-0.39, 0.29) is 11.3 Å². The second-order valence-electron chi connectivity index (χ2n) is 6.33. The van der Waals surface area contributed by atoms with E-state index in [9.17, 15) is 18.0 Å². The number of aryl methyl sites for hydroxylation is 1. The molecule has 0 unspecified atom stereocenters. The van der Waals surface area contributed by atoms with Crippen LogP contribution in [0, 0.1) is 0 Å². The average molecular weight is 420 g/mol. The van der Waals surface area contributed by atoms with E-state index in [4.69, 9.17) is 9.47 Å². The summed E-state index contributed by atoms with van der Waals surface area (Å²) >= 11 is 0. The fourth-order valence-corrected chi connectivity index (χ4v) is 3.38. The van der Waals surface area contributed by atoms with E-state index in [2.05, 4.69) is 5.32 Å². The van der Waals surface area contributed by atoms with Gasteiger partial charge in [-0.1, -0.05) is 18.2 Å². The Kier molecular flexibility index (Phi) is 7.74. The lowest BCUT2D eigenvalue weighted by Gasteiger charge is -2.12. The van der Waals surface area contributed by atoms with Crippen molar-refractivity contribution in [3.05, 3.63) is 54.1 Å². The molecule has 0 radical (unpaired) electrons. The van der Waals surface area contributed by atoms with Gasteiger partial charge in [0.15, 0.2) is 6.61 Å². The molecule has 0 heterocycles. The van der Waals surface area contributed by atoms with E-state index in [0.29, 0.717) is 17.9 Å². The zero-order valence-corrected chi connectivity index (χ0v) is 17.4. The summed E-state index contributed by atoms with van der Waals surface area (Å²) < 4.78 is 35.4. The normalized spacial score (nSPS) is 11.2. The number of anilines is 1. The number of methoxy groups -OCH3 is 1. The van der Waals surface area contributed by atoms with Crippen LogP contribution in [0.1, 0.15) is 12.0 Å². The fraction of sp³-hybridized carbons (Fsp3) is 0.300. The van der Waals surface area contributed by atoms with Crippen LogP contribution in [0.5, 0.6) is 5.75 Å². The van der Waals surface area contributed by atoms with Gasteiger partial charge in [-0.15, -0.1) is 0 Å². The van der Waals surface area contributed by atoms with Crippen LogP contribution >= 0.6 is 0 Å². The van der Waals surface area contributed by atoms with Crippen LogP contribution < -0.4 is 10.1 Å². The molecule has 0 aromatic heterocycles. The zero-order valence-electron chi connectivity index (χ0n) is 16.5. The Bertz CT molecular complexity index is 955. The third-order valence-corrected chi connectivity index (χ3v) is 5.90. The Hall–Kier alpha value is -2.91. The van der Waals surface area contributed by atoms with Crippen molar-refractivity contribution in [2.75, 3.05) is 33.1 Å². The summed E-state index contributed by atoms with van der Waals surface area (Å²) in [5.74, 6) is -0.324. The van der Waals surface area contributed by atoms with Gasteiger partial charge in [-0.3, -0.25) is 9.59 Å². The highest BCUT2D eigenvalue weighted by Gasteiger charge is 2.17. The van der Waals surface area contributed by atoms with E-state index in [1.54, 1.807) is 7.11 Å². The lowest BCUT2D eigenvalue weighted by atomic mass is 10.1. The second-order valence-corrected chi connectivity index (χ2v) is 8.48. The maximum absolute atomic E-state index is 12.0. The molecule has 156 valence electrons. The Morgan fingerprint density at radius 3 is 2.31 bits per heavy atom. The molecule has 1 N–H and O–H groups in total. The maximum atomic E-state index is 12.0. The molecule has 2 aromatic carbocycles. The SMILES string of the molecule is COc1ccccc1CCC(=O)OCC(=O)Nc1ccc(S(=O)(=O)N(C)C)cc1. The van der Waals surface area contributed by atoms with E-state index < -0.39 is 28.5 Å². The molecule has 0 bridgehead atoms. The van der Waals surface area contributed by atoms with Crippen molar-refractivity contribution in [2.45, 2.75) is 17.7 Å². The quantitative estimate of drug-likeness (QED) is 0.623. The van der Waals surface area contributed by atoms with E-state index in [1.807, 2.05) is 24.3 Å². The minimum Gasteiger partial charge on any atom is -0.496 e. The number of hydrogen-bond donors (Lipinski definition) is 1. The maximum Gasteiger partial charge on any atom is 0.306 e. The summed E-state index contributed by atoms with van der Waals surface area (Å²) in [7, 11) is 0.899. The molecule has 0 spiro atoms. The number of carbonyl (C=O) groups excluding carboxylic acids is 2. The Morgan fingerprint density at radius 2 is 1.69 bits per heavy atom. The number of hydrogen-bond acceptors (Lipinski definition) is 6. The first-order valence-corrected chi connectivity index (χ1v) is 10.3. The molecule has 29 heavy (non-hydrogen) atoms. The van der Waals surface area contributed by atoms with Crippen molar-refractivity contribution < 1.29 is 27.5 Å².